The molecule has 0 aliphatic carbocycles. The Balaban J connectivity index is 1.26. The minimum absolute atomic E-state index is 0.480. The molecule has 2 aliphatic heterocycles. The molecular weight excluding hydrogens is 424 g/mol. The summed E-state index contributed by atoms with van der Waals surface area (Å²) in [6.45, 7) is 6.89. The molecule has 3 aromatic carbocycles. The summed E-state index contributed by atoms with van der Waals surface area (Å²) >= 11 is 0. The van der Waals surface area contributed by atoms with E-state index in [2.05, 4.69) is 23.1 Å². The largest absolute Gasteiger partial charge is 0.457 e. The van der Waals surface area contributed by atoms with Crippen molar-refractivity contribution < 1.29 is 14.6 Å². The highest BCUT2D eigenvalue weighted by molar-refractivity contribution is 6.04. The molecule has 5 heteroatoms. The second-order valence-corrected chi connectivity index (χ2v) is 9.71. The van der Waals surface area contributed by atoms with Crippen molar-refractivity contribution in [2.45, 2.75) is 44.6 Å². The maximum atomic E-state index is 11.7. The molecule has 0 aromatic heterocycles. The zero-order chi connectivity index (χ0) is 23.6. The van der Waals surface area contributed by atoms with Crippen LogP contribution in [-0.2, 0) is 16.9 Å². The van der Waals surface area contributed by atoms with Crippen LogP contribution in [0.4, 0.5) is 0 Å². The van der Waals surface area contributed by atoms with Crippen LogP contribution in [0.1, 0.15) is 43.4 Å². The van der Waals surface area contributed by atoms with Crippen LogP contribution in [0.15, 0.2) is 83.9 Å². The van der Waals surface area contributed by atoms with Gasteiger partial charge in [-0.1, -0.05) is 54.6 Å². The molecule has 2 aliphatic rings. The Morgan fingerprint density at radius 1 is 0.912 bits per heavy atom. The van der Waals surface area contributed by atoms with Gasteiger partial charge in [0.05, 0.1) is 17.9 Å². The van der Waals surface area contributed by atoms with E-state index in [1.54, 1.807) is 0 Å². The second kappa shape index (κ2) is 9.34. The third-order valence-corrected chi connectivity index (χ3v) is 6.67. The van der Waals surface area contributed by atoms with Crippen molar-refractivity contribution in [2.24, 2.45) is 4.99 Å². The third kappa shape index (κ3) is 5.07. The Morgan fingerprint density at radius 2 is 1.62 bits per heavy atom. The molecule has 0 atom stereocenters. The second-order valence-electron chi connectivity index (χ2n) is 9.71. The average Bonchev–Trinajstić information content (AvgIpc) is 3.21. The summed E-state index contributed by atoms with van der Waals surface area (Å²) < 4.78 is 11.8. The topological polar surface area (TPSA) is 54.3 Å². The maximum Gasteiger partial charge on any atom is 0.154 e. The van der Waals surface area contributed by atoms with Gasteiger partial charge in [0.2, 0.25) is 0 Å². The Bertz CT molecular complexity index is 1160. The summed E-state index contributed by atoms with van der Waals surface area (Å²) in [4.78, 5) is 7.15. The summed E-state index contributed by atoms with van der Waals surface area (Å²) in [5, 5.41) is 11.7. The molecule has 2 heterocycles. The van der Waals surface area contributed by atoms with E-state index in [0.717, 1.165) is 48.0 Å². The van der Waals surface area contributed by atoms with E-state index in [0.29, 0.717) is 19.4 Å². The summed E-state index contributed by atoms with van der Waals surface area (Å²) in [6, 6.07) is 26.2. The third-order valence-electron chi connectivity index (χ3n) is 6.67. The number of para-hydroxylation sites is 1. The molecule has 5 rings (SSSR count). The van der Waals surface area contributed by atoms with E-state index in [-0.39, 0.29) is 0 Å². The molecule has 1 fully saturated rings. The maximum absolute atomic E-state index is 11.7. The predicted octanol–water partition coefficient (Wildman–Crippen LogP) is 5.52. The molecule has 176 valence electrons. The first kappa shape index (κ1) is 22.8. The highest BCUT2D eigenvalue weighted by Crippen LogP contribution is 2.37. The zero-order valence-corrected chi connectivity index (χ0v) is 19.9. The van der Waals surface area contributed by atoms with Crippen LogP contribution in [0.2, 0.25) is 0 Å². The number of nitrogens with zero attached hydrogens (tertiary/aromatic N) is 2. The van der Waals surface area contributed by atoms with Crippen LogP contribution >= 0.6 is 0 Å². The van der Waals surface area contributed by atoms with Crippen LogP contribution in [0.3, 0.4) is 0 Å². The Kier molecular flexibility index (Phi) is 6.26. The summed E-state index contributed by atoms with van der Waals surface area (Å²) in [5.41, 5.74) is 2.74. The molecule has 0 saturated carbocycles. The standard InChI is InChI=1S/C29H32N2O3/c1-28(2)30-27(21-33-28)25-13-6-7-14-26(25)29(32)15-17-31(18-16-29)20-22-9-8-12-24(19-22)34-23-10-4-3-5-11-23/h3-14,19,32H,15-18,20-21H2,1-2H3. The van der Waals surface area contributed by atoms with Gasteiger partial charge in [-0.3, -0.25) is 9.89 Å². The molecule has 1 saturated heterocycles. The molecule has 0 unspecified atom stereocenters. The quantitative estimate of drug-likeness (QED) is 0.531. The first-order chi connectivity index (χ1) is 16.4. The Hall–Kier alpha value is -2.99. The Morgan fingerprint density at radius 3 is 2.35 bits per heavy atom. The van der Waals surface area contributed by atoms with Gasteiger partial charge in [0.15, 0.2) is 5.72 Å². The van der Waals surface area contributed by atoms with E-state index >= 15 is 0 Å². The number of rotatable bonds is 6. The van der Waals surface area contributed by atoms with Crippen molar-refractivity contribution in [3.05, 3.63) is 95.6 Å². The summed E-state index contributed by atoms with van der Waals surface area (Å²) in [7, 11) is 0. The van der Waals surface area contributed by atoms with Gasteiger partial charge in [0, 0.05) is 25.2 Å². The molecule has 34 heavy (non-hydrogen) atoms. The van der Waals surface area contributed by atoms with Gasteiger partial charge in [-0.05, 0) is 62.1 Å². The lowest BCUT2D eigenvalue weighted by Gasteiger charge is -2.39. The predicted molar refractivity (Wildman–Crippen MR) is 134 cm³/mol. The van der Waals surface area contributed by atoms with Crippen molar-refractivity contribution in [3.63, 3.8) is 0 Å². The number of benzene rings is 3. The van der Waals surface area contributed by atoms with Gasteiger partial charge in [-0.2, -0.15) is 0 Å². The van der Waals surface area contributed by atoms with Gasteiger partial charge in [-0.25, -0.2) is 0 Å². The number of aliphatic hydroxyl groups is 1. The fraction of sp³-hybridized carbons (Fsp3) is 0.345. The van der Waals surface area contributed by atoms with Gasteiger partial charge in [0.25, 0.3) is 0 Å². The number of likely N-dealkylation sites (tertiary alicyclic amines) is 1. The molecule has 0 spiro atoms. The minimum atomic E-state index is -0.861. The first-order valence-corrected chi connectivity index (χ1v) is 12.0. The lowest BCUT2D eigenvalue weighted by Crippen LogP contribution is -2.43. The number of hydrogen-bond acceptors (Lipinski definition) is 5. The van der Waals surface area contributed by atoms with Crippen LogP contribution < -0.4 is 4.74 Å². The van der Waals surface area contributed by atoms with Crippen LogP contribution in [-0.4, -0.2) is 41.1 Å². The number of ether oxygens (including phenoxy) is 2. The molecule has 3 aromatic rings. The Labute approximate surface area is 201 Å². The summed E-state index contributed by atoms with van der Waals surface area (Å²) in [6.07, 6.45) is 1.36. The molecule has 0 bridgehead atoms. The number of piperidine rings is 1. The highest BCUT2D eigenvalue weighted by atomic mass is 16.5. The monoisotopic (exact) mass is 456 g/mol. The number of hydrogen-bond donors (Lipinski definition) is 1. The molecule has 0 radical (unpaired) electrons. The lowest BCUT2D eigenvalue weighted by molar-refractivity contribution is -0.0278. The van der Waals surface area contributed by atoms with E-state index in [1.807, 2.05) is 74.5 Å². The van der Waals surface area contributed by atoms with Gasteiger partial charge in [0.1, 0.15) is 11.5 Å². The van der Waals surface area contributed by atoms with E-state index < -0.39 is 11.3 Å². The van der Waals surface area contributed by atoms with Crippen LogP contribution in [0.25, 0.3) is 0 Å². The lowest BCUT2D eigenvalue weighted by atomic mass is 9.81. The fourth-order valence-electron chi connectivity index (χ4n) is 4.85. The van der Waals surface area contributed by atoms with Crippen molar-refractivity contribution in [1.29, 1.82) is 0 Å². The van der Waals surface area contributed by atoms with Crippen LogP contribution in [0, 0.1) is 0 Å². The van der Waals surface area contributed by atoms with E-state index in [9.17, 15) is 5.11 Å². The van der Waals surface area contributed by atoms with Gasteiger partial charge < -0.3 is 14.6 Å². The highest BCUT2D eigenvalue weighted by Gasteiger charge is 2.37. The van der Waals surface area contributed by atoms with E-state index in [1.165, 1.54) is 5.56 Å². The SMILES string of the molecule is CC1(C)N=C(c2ccccc2C2(O)CCN(Cc3cccc(Oc4ccccc4)c3)CC2)CO1. The molecule has 5 nitrogen and oxygen atoms in total. The zero-order valence-electron chi connectivity index (χ0n) is 19.9. The molecule has 0 amide bonds. The van der Waals surface area contributed by atoms with Gasteiger partial charge in [-0.15, -0.1) is 0 Å². The summed E-state index contributed by atoms with van der Waals surface area (Å²) in [5.74, 6) is 1.68. The molecule has 1 N–H and O–H groups in total. The molecular formula is C29H32N2O3. The van der Waals surface area contributed by atoms with Crippen molar-refractivity contribution in [1.82, 2.24) is 4.90 Å². The fourth-order valence-corrected chi connectivity index (χ4v) is 4.85. The first-order valence-electron chi connectivity index (χ1n) is 12.0. The van der Waals surface area contributed by atoms with Crippen molar-refractivity contribution in [2.75, 3.05) is 19.7 Å². The smallest absolute Gasteiger partial charge is 0.154 e. The van der Waals surface area contributed by atoms with Gasteiger partial charge >= 0.3 is 0 Å². The average molecular weight is 457 g/mol. The van der Waals surface area contributed by atoms with Crippen LogP contribution in [0.5, 0.6) is 11.5 Å². The number of aliphatic imine (C=N–C) groups is 1. The van der Waals surface area contributed by atoms with Crippen molar-refractivity contribution in [3.8, 4) is 11.5 Å². The van der Waals surface area contributed by atoms with Crippen molar-refractivity contribution >= 4 is 5.71 Å². The normalized spacial score (nSPS) is 19.6. The van der Waals surface area contributed by atoms with E-state index in [4.69, 9.17) is 14.5 Å². The minimum Gasteiger partial charge on any atom is -0.457 e.